The number of guanidine groups is 1. The third kappa shape index (κ3) is 4.81. The molecule has 0 spiro atoms. The quantitative estimate of drug-likeness (QED) is 0.636. The van der Waals surface area contributed by atoms with E-state index in [0.29, 0.717) is 0 Å². The van der Waals surface area contributed by atoms with Crippen LogP contribution in [0.25, 0.3) is 0 Å². The highest BCUT2D eigenvalue weighted by atomic mass is 16.5. The Balaban J connectivity index is 1.79. The largest absolute Gasteiger partial charge is 0.496 e. The average molecular weight is 297 g/mol. The summed E-state index contributed by atoms with van der Waals surface area (Å²) in [6.07, 6.45) is 0.885. The molecule has 2 aromatic rings. The van der Waals surface area contributed by atoms with Crippen molar-refractivity contribution < 1.29 is 4.74 Å². The van der Waals surface area contributed by atoms with Gasteiger partial charge in [-0.1, -0.05) is 48.5 Å². The van der Waals surface area contributed by atoms with Gasteiger partial charge in [-0.05, 0) is 23.6 Å². The Hall–Kier alpha value is -2.49. The minimum atomic E-state index is 0.759. The zero-order chi connectivity index (χ0) is 15.6. The normalized spacial score (nSPS) is 11.1. The van der Waals surface area contributed by atoms with E-state index in [4.69, 9.17) is 4.74 Å². The first-order valence-electron chi connectivity index (χ1n) is 7.44. The number of para-hydroxylation sites is 1. The van der Waals surface area contributed by atoms with E-state index in [0.717, 1.165) is 31.2 Å². The molecule has 0 aromatic heterocycles. The van der Waals surface area contributed by atoms with Gasteiger partial charge in [-0.25, -0.2) is 0 Å². The molecule has 0 fully saturated rings. The lowest BCUT2D eigenvalue weighted by atomic mass is 10.1. The lowest BCUT2D eigenvalue weighted by Gasteiger charge is -2.13. The van der Waals surface area contributed by atoms with Crippen molar-refractivity contribution in [1.82, 2.24) is 10.6 Å². The van der Waals surface area contributed by atoms with Crippen molar-refractivity contribution >= 4 is 5.96 Å². The molecule has 0 amide bonds. The van der Waals surface area contributed by atoms with Crippen LogP contribution in [0.4, 0.5) is 0 Å². The summed E-state index contributed by atoms with van der Waals surface area (Å²) >= 11 is 0. The molecule has 0 heterocycles. The van der Waals surface area contributed by atoms with Gasteiger partial charge in [0.25, 0.3) is 0 Å². The lowest BCUT2D eigenvalue weighted by Crippen LogP contribution is -2.37. The van der Waals surface area contributed by atoms with E-state index in [1.54, 1.807) is 14.2 Å². The molecule has 4 nitrogen and oxygen atoms in total. The topological polar surface area (TPSA) is 45.7 Å². The van der Waals surface area contributed by atoms with Gasteiger partial charge in [-0.15, -0.1) is 0 Å². The van der Waals surface area contributed by atoms with Crippen LogP contribution in [0.2, 0.25) is 0 Å². The van der Waals surface area contributed by atoms with Crippen LogP contribution in [-0.4, -0.2) is 26.7 Å². The standard InChI is InChI=1S/C18H23N3O/c1-19-18(21-14-15-8-4-3-5-9-15)20-13-12-16-10-6-7-11-17(16)22-2/h3-11H,12-14H2,1-2H3,(H2,19,20,21). The van der Waals surface area contributed by atoms with E-state index < -0.39 is 0 Å². The van der Waals surface area contributed by atoms with Crippen LogP contribution >= 0.6 is 0 Å². The molecule has 0 aliphatic carbocycles. The maximum Gasteiger partial charge on any atom is 0.191 e. The van der Waals surface area contributed by atoms with Crippen molar-refractivity contribution in [3.63, 3.8) is 0 Å². The van der Waals surface area contributed by atoms with E-state index >= 15 is 0 Å². The molecule has 0 radical (unpaired) electrons. The van der Waals surface area contributed by atoms with Gasteiger partial charge in [0.15, 0.2) is 5.96 Å². The first kappa shape index (κ1) is 15.9. The summed E-state index contributed by atoms with van der Waals surface area (Å²) in [5, 5.41) is 6.63. The number of nitrogens with one attached hydrogen (secondary N) is 2. The molecule has 2 N–H and O–H groups in total. The Kier molecular flexibility index (Phi) is 6.30. The van der Waals surface area contributed by atoms with Crippen molar-refractivity contribution in [3.8, 4) is 5.75 Å². The minimum absolute atomic E-state index is 0.759. The van der Waals surface area contributed by atoms with Crippen LogP contribution in [0.15, 0.2) is 59.6 Å². The van der Waals surface area contributed by atoms with E-state index in [2.05, 4.69) is 33.8 Å². The average Bonchev–Trinajstić information content (AvgIpc) is 2.59. The Bertz CT molecular complexity index is 596. The number of benzene rings is 2. The molecule has 0 aliphatic rings. The molecule has 0 unspecified atom stereocenters. The van der Waals surface area contributed by atoms with Crippen LogP contribution < -0.4 is 15.4 Å². The van der Waals surface area contributed by atoms with Crippen molar-refractivity contribution in [2.45, 2.75) is 13.0 Å². The number of nitrogens with zero attached hydrogens (tertiary/aromatic N) is 1. The Morgan fingerprint density at radius 2 is 1.73 bits per heavy atom. The Morgan fingerprint density at radius 3 is 2.45 bits per heavy atom. The van der Waals surface area contributed by atoms with E-state index in [1.807, 2.05) is 36.4 Å². The zero-order valence-corrected chi connectivity index (χ0v) is 13.2. The van der Waals surface area contributed by atoms with Gasteiger partial charge >= 0.3 is 0 Å². The van der Waals surface area contributed by atoms with Gasteiger partial charge in [0.1, 0.15) is 5.75 Å². The molecular formula is C18H23N3O. The maximum absolute atomic E-state index is 5.36. The summed E-state index contributed by atoms with van der Waals surface area (Å²) in [6, 6.07) is 18.4. The van der Waals surface area contributed by atoms with Crippen molar-refractivity contribution in [2.24, 2.45) is 4.99 Å². The van der Waals surface area contributed by atoms with E-state index in [1.165, 1.54) is 11.1 Å². The lowest BCUT2D eigenvalue weighted by molar-refractivity contribution is 0.409. The second kappa shape index (κ2) is 8.72. The molecule has 0 saturated carbocycles. The van der Waals surface area contributed by atoms with Crippen molar-refractivity contribution in [2.75, 3.05) is 20.7 Å². The van der Waals surface area contributed by atoms with Crippen molar-refractivity contribution in [1.29, 1.82) is 0 Å². The minimum Gasteiger partial charge on any atom is -0.496 e. The Morgan fingerprint density at radius 1 is 1.00 bits per heavy atom. The van der Waals surface area contributed by atoms with Crippen LogP contribution in [0.3, 0.4) is 0 Å². The molecular weight excluding hydrogens is 274 g/mol. The molecule has 2 aromatic carbocycles. The van der Waals surface area contributed by atoms with Crippen LogP contribution in [0.1, 0.15) is 11.1 Å². The monoisotopic (exact) mass is 297 g/mol. The maximum atomic E-state index is 5.36. The van der Waals surface area contributed by atoms with Gasteiger partial charge in [-0.3, -0.25) is 4.99 Å². The first-order valence-corrected chi connectivity index (χ1v) is 7.44. The second-order valence-corrected chi connectivity index (χ2v) is 4.90. The van der Waals surface area contributed by atoms with Gasteiger partial charge in [0.2, 0.25) is 0 Å². The number of aliphatic imine (C=N–C) groups is 1. The highest BCUT2D eigenvalue weighted by molar-refractivity contribution is 5.79. The third-order valence-electron chi connectivity index (χ3n) is 3.41. The molecule has 0 aliphatic heterocycles. The van der Waals surface area contributed by atoms with Crippen LogP contribution in [0, 0.1) is 0 Å². The fraction of sp³-hybridized carbons (Fsp3) is 0.278. The predicted octanol–water partition coefficient (Wildman–Crippen LogP) is 2.60. The highest BCUT2D eigenvalue weighted by Crippen LogP contribution is 2.17. The summed E-state index contributed by atoms with van der Waals surface area (Å²) in [6.45, 7) is 1.56. The second-order valence-electron chi connectivity index (χ2n) is 4.90. The van der Waals surface area contributed by atoms with E-state index in [9.17, 15) is 0 Å². The smallest absolute Gasteiger partial charge is 0.191 e. The molecule has 0 atom stereocenters. The van der Waals surface area contributed by atoms with Gasteiger partial charge in [0, 0.05) is 20.1 Å². The van der Waals surface area contributed by atoms with Gasteiger partial charge < -0.3 is 15.4 Å². The third-order valence-corrected chi connectivity index (χ3v) is 3.41. The number of methoxy groups -OCH3 is 1. The van der Waals surface area contributed by atoms with E-state index in [-0.39, 0.29) is 0 Å². The molecule has 0 bridgehead atoms. The highest BCUT2D eigenvalue weighted by Gasteiger charge is 2.02. The number of hydrogen-bond donors (Lipinski definition) is 2. The summed E-state index contributed by atoms with van der Waals surface area (Å²) < 4.78 is 5.36. The predicted molar refractivity (Wildman–Crippen MR) is 91.3 cm³/mol. The van der Waals surface area contributed by atoms with Crippen LogP contribution in [-0.2, 0) is 13.0 Å². The zero-order valence-electron chi connectivity index (χ0n) is 13.2. The van der Waals surface area contributed by atoms with Crippen molar-refractivity contribution in [3.05, 3.63) is 65.7 Å². The summed E-state index contributed by atoms with van der Waals surface area (Å²) in [7, 11) is 3.48. The SMILES string of the molecule is CN=C(NCCc1ccccc1OC)NCc1ccccc1. The number of hydrogen-bond acceptors (Lipinski definition) is 2. The summed E-state index contributed by atoms with van der Waals surface area (Å²) in [5.74, 6) is 1.73. The fourth-order valence-electron chi connectivity index (χ4n) is 2.23. The van der Waals surface area contributed by atoms with Crippen LogP contribution in [0.5, 0.6) is 5.75 Å². The first-order chi connectivity index (χ1) is 10.8. The molecule has 22 heavy (non-hydrogen) atoms. The number of ether oxygens (including phenoxy) is 1. The van der Waals surface area contributed by atoms with Gasteiger partial charge in [0.05, 0.1) is 7.11 Å². The molecule has 0 saturated heterocycles. The molecule has 4 heteroatoms. The van der Waals surface area contributed by atoms with Gasteiger partial charge in [-0.2, -0.15) is 0 Å². The summed E-state index contributed by atoms with van der Waals surface area (Å²) in [4.78, 5) is 4.24. The molecule has 116 valence electrons. The number of rotatable bonds is 6. The fourth-order valence-corrected chi connectivity index (χ4v) is 2.23. The Labute approximate surface area is 132 Å². The molecule has 2 rings (SSSR count). The summed E-state index contributed by atoms with van der Waals surface area (Å²) in [5.41, 5.74) is 2.42.